The minimum atomic E-state index is -0.927. The predicted molar refractivity (Wildman–Crippen MR) is 81.0 cm³/mol. The molecule has 0 bridgehead atoms. The number of nitrogens with zero attached hydrogens (tertiary/aromatic N) is 2. The standard InChI is InChI=1S/C13H25N3O3S/c1-10(2)15(3)7-5-4-6-14-13(19)16-9-20-8-11(16)12(17)18/h10-11H,4-9H2,1-3H3,(H,14,19)(H,17,18). The fourth-order valence-electron chi connectivity index (χ4n) is 1.89. The summed E-state index contributed by atoms with van der Waals surface area (Å²) in [5.41, 5.74) is 0. The third-order valence-electron chi connectivity index (χ3n) is 3.52. The highest BCUT2D eigenvalue weighted by Gasteiger charge is 2.34. The Morgan fingerprint density at radius 2 is 2.15 bits per heavy atom. The minimum absolute atomic E-state index is 0.264. The zero-order chi connectivity index (χ0) is 15.1. The van der Waals surface area contributed by atoms with Gasteiger partial charge in [0.2, 0.25) is 0 Å². The molecule has 0 saturated carbocycles. The predicted octanol–water partition coefficient (Wildman–Crippen LogP) is 1.28. The van der Waals surface area contributed by atoms with Crippen LogP contribution in [0.2, 0.25) is 0 Å². The van der Waals surface area contributed by atoms with Gasteiger partial charge in [-0.2, -0.15) is 0 Å². The molecule has 0 aromatic heterocycles. The van der Waals surface area contributed by atoms with Crippen LogP contribution >= 0.6 is 11.8 Å². The second-order valence-electron chi connectivity index (χ2n) is 5.34. The Labute approximate surface area is 124 Å². The Hall–Kier alpha value is -0.950. The van der Waals surface area contributed by atoms with Crippen LogP contribution in [0.5, 0.6) is 0 Å². The average molecular weight is 303 g/mol. The largest absolute Gasteiger partial charge is 0.480 e. The van der Waals surface area contributed by atoms with Crippen LogP contribution in [0.15, 0.2) is 0 Å². The molecule has 0 aromatic carbocycles. The summed E-state index contributed by atoms with van der Waals surface area (Å²) in [6, 6.07) is -0.422. The van der Waals surface area contributed by atoms with Gasteiger partial charge in [-0.05, 0) is 40.3 Å². The number of amides is 2. The molecule has 1 rings (SSSR count). The lowest BCUT2D eigenvalue weighted by Gasteiger charge is -2.22. The molecule has 116 valence electrons. The van der Waals surface area contributed by atoms with Gasteiger partial charge >= 0.3 is 12.0 Å². The summed E-state index contributed by atoms with van der Waals surface area (Å²) in [5, 5.41) is 11.8. The van der Waals surface area contributed by atoms with Gasteiger partial charge < -0.3 is 20.2 Å². The molecule has 0 spiro atoms. The van der Waals surface area contributed by atoms with Gasteiger partial charge in [0.15, 0.2) is 0 Å². The lowest BCUT2D eigenvalue weighted by atomic mass is 10.2. The average Bonchev–Trinajstić information content (AvgIpc) is 2.87. The van der Waals surface area contributed by atoms with Crippen molar-refractivity contribution in [3.8, 4) is 0 Å². The fraction of sp³-hybridized carbons (Fsp3) is 0.846. The van der Waals surface area contributed by atoms with Crippen LogP contribution in [-0.4, -0.2) is 70.8 Å². The quantitative estimate of drug-likeness (QED) is 0.693. The SMILES string of the molecule is CC(C)N(C)CCCCNC(=O)N1CSCC1C(=O)O. The number of carbonyl (C=O) groups is 2. The smallest absolute Gasteiger partial charge is 0.327 e. The van der Waals surface area contributed by atoms with Crippen LogP contribution in [-0.2, 0) is 4.79 Å². The van der Waals surface area contributed by atoms with E-state index in [4.69, 9.17) is 5.11 Å². The van der Waals surface area contributed by atoms with E-state index in [-0.39, 0.29) is 6.03 Å². The van der Waals surface area contributed by atoms with Gasteiger partial charge in [0.05, 0.1) is 5.88 Å². The molecule has 7 heteroatoms. The summed E-state index contributed by atoms with van der Waals surface area (Å²) in [4.78, 5) is 26.5. The second kappa shape index (κ2) is 8.36. The molecule has 2 N–H and O–H groups in total. The number of carboxylic acid groups (broad SMARTS) is 1. The number of nitrogens with one attached hydrogen (secondary N) is 1. The molecule has 1 atom stereocenters. The molecule has 20 heavy (non-hydrogen) atoms. The van der Waals surface area contributed by atoms with E-state index in [1.807, 2.05) is 0 Å². The van der Waals surface area contributed by atoms with E-state index in [0.29, 0.717) is 24.2 Å². The van der Waals surface area contributed by atoms with E-state index in [1.165, 1.54) is 16.7 Å². The monoisotopic (exact) mass is 303 g/mol. The molecule has 0 radical (unpaired) electrons. The number of aliphatic carboxylic acids is 1. The Morgan fingerprint density at radius 3 is 2.75 bits per heavy atom. The molecule has 1 aliphatic heterocycles. The first kappa shape index (κ1) is 17.1. The fourth-order valence-corrected chi connectivity index (χ4v) is 3.03. The van der Waals surface area contributed by atoms with Gasteiger partial charge in [-0.25, -0.2) is 9.59 Å². The molecule has 1 aliphatic rings. The van der Waals surface area contributed by atoms with E-state index in [2.05, 4.69) is 31.1 Å². The first-order chi connectivity index (χ1) is 9.43. The molecule has 6 nitrogen and oxygen atoms in total. The number of rotatable bonds is 7. The molecule has 1 fully saturated rings. The summed E-state index contributed by atoms with van der Waals surface area (Å²) in [7, 11) is 2.09. The molecule has 2 amide bonds. The third-order valence-corrected chi connectivity index (χ3v) is 4.54. The Morgan fingerprint density at radius 1 is 1.45 bits per heavy atom. The summed E-state index contributed by atoms with van der Waals surface area (Å²) >= 11 is 1.48. The van der Waals surface area contributed by atoms with E-state index in [1.54, 1.807) is 0 Å². The van der Waals surface area contributed by atoms with Gasteiger partial charge in [-0.1, -0.05) is 0 Å². The lowest BCUT2D eigenvalue weighted by molar-refractivity contribution is -0.140. The van der Waals surface area contributed by atoms with Crippen molar-refractivity contribution in [3.05, 3.63) is 0 Å². The van der Waals surface area contributed by atoms with Crippen LogP contribution < -0.4 is 5.32 Å². The second-order valence-corrected chi connectivity index (χ2v) is 6.34. The van der Waals surface area contributed by atoms with Crippen LogP contribution in [0.1, 0.15) is 26.7 Å². The molecular weight excluding hydrogens is 278 g/mol. The van der Waals surface area contributed by atoms with E-state index < -0.39 is 12.0 Å². The zero-order valence-electron chi connectivity index (χ0n) is 12.5. The van der Waals surface area contributed by atoms with Gasteiger partial charge in [0.1, 0.15) is 6.04 Å². The maximum atomic E-state index is 11.9. The molecular formula is C13H25N3O3S. The first-order valence-corrected chi connectivity index (χ1v) is 8.14. The molecule has 0 aliphatic carbocycles. The highest BCUT2D eigenvalue weighted by Crippen LogP contribution is 2.20. The van der Waals surface area contributed by atoms with Crippen molar-refractivity contribution < 1.29 is 14.7 Å². The Kier molecular flexibility index (Phi) is 7.15. The number of carboxylic acids is 1. The van der Waals surface area contributed by atoms with Crippen LogP contribution in [0.4, 0.5) is 4.79 Å². The topological polar surface area (TPSA) is 72.9 Å². The van der Waals surface area contributed by atoms with Crippen molar-refractivity contribution in [1.82, 2.24) is 15.1 Å². The van der Waals surface area contributed by atoms with Crippen molar-refractivity contribution in [3.63, 3.8) is 0 Å². The first-order valence-electron chi connectivity index (χ1n) is 6.98. The van der Waals surface area contributed by atoms with Crippen LogP contribution in [0, 0.1) is 0 Å². The van der Waals surface area contributed by atoms with E-state index in [0.717, 1.165) is 19.4 Å². The number of urea groups is 1. The molecule has 1 saturated heterocycles. The highest BCUT2D eigenvalue weighted by atomic mass is 32.2. The van der Waals surface area contributed by atoms with E-state index >= 15 is 0 Å². The molecule has 1 unspecified atom stereocenters. The maximum absolute atomic E-state index is 11.9. The lowest BCUT2D eigenvalue weighted by Crippen LogP contribution is -2.47. The Balaban J connectivity index is 2.19. The van der Waals surface area contributed by atoms with Gasteiger partial charge in [-0.3, -0.25) is 0 Å². The van der Waals surface area contributed by atoms with Crippen molar-refractivity contribution in [2.45, 2.75) is 38.8 Å². The van der Waals surface area contributed by atoms with Crippen molar-refractivity contribution >= 4 is 23.8 Å². The van der Waals surface area contributed by atoms with Gasteiger partial charge in [0.25, 0.3) is 0 Å². The normalized spacial score (nSPS) is 18.9. The number of hydrogen-bond donors (Lipinski definition) is 2. The van der Waals surface area contributed by atoms with Crippen molar-refractivity contribution in [1.29, 1.82) is 0 Å². The van der Waals surface area contributed by atoms with E-state index in [9.17, 15) is 9.59 Å². The number of carbonyl (C=O) groups excluding carboxylic acids is 1. The maximum Gasteiger partial charge on any atom is 0.327 e. The molecule has 0 aromatic rings. The van der Waals surface area contributed by atoms with Crippen LogP contribution in [0.25, 0.3) is 0 Å². The zero-order valence-corrected chi connectivity index (χ0v) is 13.3. The van der Waals surface area contributed by atoms with Gasteiger partial charge in [0, 0.05) is 18.3 Å². The third kappa shape index (κ3) is 5.20. The summed E-state index contributed by atoms with van der Waals surface area (Å²) < 4.78 is 0. The molecule has 1 heterocycles. The van der Waals surface area contributed by atoms with Crippen molar-refractivity contribution in [2.75, 3.05) is 31.8 Å². The number of unbranched alkanes of at least 4 members (excludes halogenated alkanes) is 1. The summed E-state index contributed by atoms with van der Waals surface area (Å²) in [6.07, 6.45) is 1.92. The van der Waals surface area contributed by atoms with Crippen LogP contribution in [0.3, 0.4) is 0 Å². The Bertz CT molecular complexity index is 339. The summed E-state index contributed by atoms with van der Waals surface area (Å²) in [5.74, 6) is 0.00425. The minimum Gasteiger partial charge on any atom is -0.480 e. The highest BCUT2D eigenvalue weighted by molar-refractivity contribution is 7.99. The number of hydrogen-bond acceptors (Lipinski definition) is 4. The summed E-state index contributed by atoms with van der Waals surface area (Å²) in [6.45, 7) is 5.90. The van der Waals surface area contributed by atoms with Gasteiger partial charge in [-0.15, -0.1) is 11.8 Å². The number of thioether (sulfide) groups is 1. The van der Waals surface area contributed by atoms with Crippen molar-refractivity contribution in [2.24, 2.45) is 0 Å².